The van der Waals surface area contributed by atoms with E-state index in [1.807, 2.05) is 37.3 Å². The molecule has 1 N–H and O–H groups in total. The highest BCUT2D eigenvalue weighted by atomic mass is 16.5. The fourth-order valence-electron chi connectivity index (χ4n) is 2.54. The molecule has 1 heterocycles. The molecule has 5 nitrogen and oxygen atoms in total. The smallest absolute Gasteiger partial charge is 0.356 e. The molecule has 0 amide bonds. The molecule has 0 aliphatic carbocycles. The van der Waals surface area contributed by atoms with Crippen LogP contribution >= 0.6 is 0 Å². The highest BCUT2D eigenvalue weighted by Gasteiger charge is 2.14. The van der Waals surface area contributed by atoms with E-state index >= 15 is 0 Å². The molecule has 1 aromatic heterocycles. The lowest BCUT2D eigenvalue weighted by Gasteiger charge is -2.25. The van der Waals surface area contributed by atoms with E-state index in [1.165, 1.54) is 12.7 Å². The Kier molecular flexibility index (Phi) is 6.90. The minimum absolute atomic E-state index is 0.140. The molecule has 0 bridgehead atoms. The van der Waals surface area contributed by atoms with Crippen molar-refractivity contribution in [3.8, 4) is 0 Å². The van der Waals surface area contributed by atoms with Gasteiger partial charge in [-0.2, -0.15) is 0 Å². The van der Waals surface area contributed by atoms with Gasteiger partial charge in [-0.1, -0.05) is 43.3 Å². The molecule has 128 valence electrons. The number of esters is 1. The standard InChI is InChI=1S/C19H24N2O3/c1-15(14-22)11-21(12-16-7-4-3-5-8-16)13-17-9-6-10-18(20-17)19(23)24-2/h3-10,15,22H,11-14H2,1-2H3. The number of aliphatic hydroxyl groups is 1. The van der Waals surface area contributed by atoms with Crippen molar-refractivity contribution in [1.29, 1.82) is 0 Å². The van der Waals surface area contributed by atoms with Gasteiger partial charge in [-0.3, -0.25) is 4.90 Å². The Morgan fingerprint density at radius 2 is 1.92 bits per heavy atom. The molecular weight excluding hydrogens is 304 g/mol. The maximum atomic E-state index is 11.6. The van der Waals surface area contributed by atoms with Crippen molar-refractivity contribution in [2.45, 2.75) is 20.0 Å². The lowest BCUT2D eigenvalue weighted by molar-refractivity contribution is 0.0593. The molecule has 1 unspecified atom stereocenters. The Labute approximate surface area is 142 Å². The fourth-order valence-corrected chi connectivity index (χ4v) is 2.54. The van der Waals surface area contributed by atoms with Gasteiger partial charge in [-0.05, 0) is 23.6 Å². The van der Waals surface area contributed by atoms with Crippen LogP contribution in [0.4, 0.5) is 0 Å². The number of benzene rings is 1. The van der Waals surface area contributed by atoms with Crippen molar-refractivity contribution < 1.29 is 14.6 Å². The molecule has 5 heteroatoms. The zero-order valence-corrected chi connectivity index (χ0v) is 14.2. The summed E-state index contributed by atoms with van der Waals surface area (Å²) < 4.78 is 4.73. The van der Waals surface area contributed by atoms with Crippen molar-refractivity contribution >= 4 is 5.97 Å². The highest BCUT2D eigenvalue weighted by molar-refractivity contribution is 5.87. The van der Waals surface area contributed by atoms with E-state index < -0.39 is 5.97 Å². The molecule has 0 fully saturated rings. The van der Waals surface area contributed by atoms with Gasteiger partial charge in [0, 0.05) is 26.2 Å². The number of carbonyl (C=O) groups excluding carboxylic acids is 1. The first-order chi connectivity index (χ1) is 11.6. The van der Waals surface area contributed by atoms with E-state index in [2.05, 4.69) is 22.0 Å². The molecule has 0 saturated carbocycles. The van der Waals surface area contributed by atoms with Gasteiger partial charge in [0.25, 0.3) is 0 Å². The van der Waals surface area contributed by atoms with E-state index in [0.29, 0.717) is 12.2 Å². The molecule has 0 aliphatic rings. The quantitative estimate of drug-likeness (QED) is 0.754. The van der Waals surface area contributed by atoms with Crippen LogP contribution < -0.4 is 0 Å². The second kappa shape index (κ2) is 9.15. The Bertz CT molecular complexity index is 646. The number of hydrogen-bond acceptors (Lipinski definition) is 5. The van der Waals surface area contributed by atoms with Crippen LogP contribution in [0.1, 0.15) is 28.7 Å². The first kappa shape index (κ1) is 18.1. The van der Waals surface area contributed by atoms with E-state index in [0.717, 1.165) is 18.8 Å². The number of rotatable bonds is 8. The molecule has 2 rings (SSSR count). The van der Waals surface area contributed by atoms with Gasteiger partial charge in [0.05, 0.1) is 12.8 Å². The van der Waals surface area contributed by atoms with Gasteiger partial charge in [0.15, 0.2) is 0 Å². The molecule has 24 heavy (non-hydrogen) atoms. The molecule has 0 aliphatic heterocycles. The Morgan fingerprint density at radius 1 is 1.17 bits per heavy atom. The molecule has 0 saturated heterocycles. The van der Waals surface area contributed by atoms with Crippen LogP contribution in [0.25, 0.3) is 0 Å². The predicted octanol–water partition coefficient (Wildman–Crippen LogP) is 2.50. The number of nitrogens with zero attached hydrogens (tertiary/aromatic N) is 2. The lowest BCUT2D eigenvalue weighted by atomic mass is 10.1. The molecule has 0 spiro atoms. The van der Waals surface area contributed by atoms with Crippen molar-refractivity contribution in [3.63, 3.8) is 0 Å². The highest BCUT2D eigenvalue weighted by Crippen LogP contribution is 2.12. The second-order valence-corrected chi connectivity index (χ2v) is 5.95. The fraction of sp³-hybridized carbons (Fsp3) is 0.368. The number of ether oxygens (including phenoxy) is 1. The van der Waals surface area contributed by atoms with Crippen LogP contribution in [0.2, 0.25) is 0 Å². The second-order valence-electron chi connectivity index (χ2n) is 5.95. The summed E-state index contributed by atoms with van der Waals surface area (Å²) in [6, 6.07) is 15.5. The van der Waals surface area contributed by atoms with Gasteiger partial charge in [-0.15, -0.1) is 0 Å². The summed E-state index contributed by atoms with van der Waals surface area (Å²) in [5, 5.41) is 9.36. The summed E-state index contributed by atoms with van der Waals surface area (Å²) in [5.74, 6) is -0.271. The molecule has 1 atom stereocenters. The first-order valence-corrected chi connectivity index (χ1v) is 8.03. The third-order valence-corrected chi connectivity index (χ3v) is 3.72. The molecular formula is C19H24N2O3. The van der Waals surface area contributed by atoms with Crippen LogP contribution in [-0.2, 0) is 17.8 Å². The number of carbonyl (C=O) groups is 1. The van der Waals surface area contributed by atoms with Crippen LogP contribution in [0.15, 0.2) is 48.5 Å². The lowest BCUT2D eigenvalue weighted by Crippen LogP contribution is -2.29. The summed E-state index contributed by atoms with van der Waals surface area (Å²) in [7, 11) is 1.35. The first-order valence-electron chi connectivity index (χ1n) is 8.03. The predicted molar refractivity (Wildman–Crippen MR) is 92.4 cm³/mol. The minimum atomic E-state index is -0.435. The van der Waals surface area contributed by atoms with Crippen LogP contribution in [0, 0.1) is 5.92 Å². The molecule has 2 aromatic rings. The number of hydrogen-bond donors (Lipinski definition) is 1. The van der Waals surface area contributed by atoms with E-state index in [-0.39, 0.29) is 12.5 Å². The zero-order valence-electron chi connectivity index (χ0n) is 14.2. The average Bonchev–Trinajstić information content (AvgIpc) is 2.62. The van der Waals surface area contributed by atoms with Crippen LogP contribution in [-0.4, -0.2) is 41.2 Å². The average molecular weight is 328 g/mol. The number of aromatic nitrogens is 1. The topological polar surface area (TPSA) is 62.7 Å². The summed E-state index contributed by atoms with van der Waals surface area (Å²) in [6.07, 6.45) is 0. The third-order valence-electron chi connectivity index (χ3n) is 3.72. The zero-order chi connectivity index (χ0) is 17.4. The van der Waals surface area contributed by atoms with Gasteiger partial charge < -0.3 is 9.84 Å². The van der Waals surface area contributed by atoms with Crippen molar-refractivity contribution in [2.75, 3.05) is 20.3 Å². The van der Waals surface area contributed by atoms with Crippen LogP contribution in [0.3, 0.4) is 0 Å². The summed E-state index contributed by atoms with van der Waals surface area (Å²) in [5.41, 5.74) is 2.32. The van der Waals surface area contributed by atoms with E-state index in [9.17, 15) is 9.90 Å². The minimum Gasteiger partial charge on any atom is -0.464 e. The summed E-state index contributed by atoms with van der Waals surface area (Å²) in [4.78, 5) is 18.2. The number of pyridine rings is 1. The Morgan fingerprint density at radius 3 is 2.58 bits per heavy atom. The Balaban J connectivity index is 2.13. The van der Waals surface area contributed by atoms with E-state index in [4.69, 9.17) is 4.74 Å². The van der Waals surface area contributed by atoms with Crippen molar-refractivity contribution in [1.82, 2.24) is 9.88 Å². The third kappa shape index (κ3) is 5.44. The van der Waals surface area contributed by atoms with Gasteiger partial charge in [-0.25, -0.2) is 9.78 Å². The monoisotopic (exact) mass is 328 g/mol. The largest absolute Gasteiger partial charge is 0.464 e. The normalized spacial score (nSPS) is 12.2. The summed E-state index contributed by atoms with van der Waals surface area (Å²) >= 11 is 0. The van der Waals surface area contributed by atoms with Crippen molar-refractivity contribution in [3.05, 3.63) is 65.5 Å². The summed E-state index contributed by atoms with van der Waals surface area (Å²) in [6.45, 7) is 4.26. The van der Waals surface area contributed by atoms with Crippen LogP contribution in [0.5, 0.6) is 0 Å². The number of aliphatic hydroxyl groups excluding tert-OH is 1. The van der Waals surface area contributed by atoms with Gasteiger partial charge in [0.1, 0.15) is 5.69 Å². The van der Waals surface area contributed by atoms with Gasteiger partial charge >= 0.3 is 5.97 Å². The molecule has 0 radical (unpaired) electrons. The maximum Gasteiger partial charge on any atom is 0.356 e. The maximum absolute atomic E-state index is 11.6. The number of methoxy groups -OCH3 is 1. The van der Waals surface area contributed by atoms with Crippen molar-refractivity contribution in [2.24, 2.45) is 5.92 Å². The Hall–Kier alpha value is -2.24. The SMILES string of the molecule is COC(=O)c1cccc(CN(Cc2ccccc2)CC(C)CO)n1. The molecule has 1 aromatic carbocycles. The van der Waals surface area contributed by atoms with E-state index in [1.54, 1.807) is 6.07 Å². The van der Waals surface area contributed by atoms with Gasteiger partial charge in [0.2, 0.25) is 0 Å².